The highest BCUT2D eigenvalue weighted by atomic mass is 16.5. The molecular formula is C19H19N3O3. The largest absolute Gasteiger partial charge is 0.452 e. The third-order valence-corrected chi connectivity index (χ3v) is 3.81. The van der Waals surface area contributed by atoms with Crippen LogP contribution in [0.15, 0.2) is 54.7 Å². The van der Waals surface area contributed by atoms with E-state index < -0.39 is 5.97 Å². The van der Waals surface area contributed by atoms with Gasteiger partial charge in [0, 0.05) is 42.6 Å². The highest BCUT2D eigenvalue weighted by molar-refractivity contribution is 6.05. The number of amides is 1. The summed E-state index contributed by atoms with van der Waals surface area (Å²) < 4.78 is 5.11. The number of esters is 1. The molecule has 128 valence electrons. The van der Waals surface area contributed by atoms with Crippen LogP contribution in [0.5, 0.6) is 0 Å². The highest BCUT2D eigenvalue weighted by Crippen LogP contribution is 2.19. The zero-order valence-corrected chi connectivity index (χ0v) is 14.1. The normalized spacial score (nSPS) is 10.5. The Bertz CT molecular complexity index is 898. The van der Waals surface area contributed by atoms with Crippen molar-refractivity contribution in [1.82, 2.24) is 4.98 Å². The second kappa shape index (κ2) is 7.09. The van der Waals surface area contributed by atoms with E-state index in [1.165, 1.54) is 0 Å². The number of fused-ring (bicyclic) bond motifs is 1. The van der Waals surface area contributed by atoms with Gasteiger partial charge in [0.15, 0.2) is 6.61 Å². The number of carbonyl (C=O) groups is 2. The van der Waals surface area contributed by atoms with Crippen LogP contribution in [-0.4, -0.2) is 37.6 Å². The topological polar surface area (TPSA) is 74.4 Å². The fourth-order valence-corrected chi connectivity index (χ4v) is 2.49. The Morgan fingerprint density at radius 2 is 1.80 bits per heavy atom. The van der Waals surface area contributed by atoms with Crippen molar-refractivity contribution in [2.24, 2.45) is 0 Å². The van der Waals surface area contributed by atoms with Crippen molar-refractivity contribution in [2.75, 3.05) is 30.9 Å². The summed E-state index contributed by atoms with van der Waals surface area (Å²) in [4.78, 5) is 29.1. The summed E-state index contributed by atoms with van der Waals surface area (Å²) in [5.41, 5.74) is 2.95. The van der Waals surface area contributed by atoms with Crippen LogP contribution in [0, 0.1) is 0 Å². The Morgan fingerprint density at radius 3 is 2.52 bits per heavy atom. The van der Waals surface area contributed by atoms with Crippen LogP contribution in [0.3, 0.4) is 0 Å². The van der Waals surface area contributed by atoms with Gasteiger partial charge >= 0.3 is 5.97 Å². The van der Waals surface area contributed by atoms with Crippen LogP contribution in [-0.2, 0) is 9.53 Å². The van der Waals surface area contributed by atoms with Crippen LogP contribution >= 0.6 is 0 Å². The number of para-hydroxylation sites is 1. The van der Waals surface area contributed by atoms with Crippen LogP contribution in [0.2, 0.25) is 0 Å². The second-order valence-corrected chi connectivity index (χ2v) is 5.81. The minimum Gasteiger partial charge on any atom is -0.452 e. The molecule has 3 aromatic rings. The number of carbonyl (C=O) groups excluding carboxylic acids is 2. The Hall–Kier alpha value is -3.28. The van der Waals surface area contributed by atoms with Gasteiger partial charge in [-0.15, -0.1) is 0 Å². The van der Waals surface area contributed by atoms with Crippen molar-refractivity contribution in [3.05, 3.63) is 60.3 Å². The standard InChI is InChI=1S/C19H19N3O3/c1-22(2)14-9-7-13(8-10-14)21-18(23)12-25-19(24)16-11-20-17-6-4-3-5-15(16)17/h3-11,20H,12H2,1-2H3,(H,21,23). The van der Waals surface area contributed by atoms with E-state index in [-0.39, 0.29) is 12.5 Å². The summed E-state index contributed by atoms with van der Waals surface area (Å²) >= 11 is 0. The van der Waals surface area contributed by atoms with Gasteiger partial charge in [-0.25, -0.2) is 4.79 Å². The van der Waals surface area contributed by atoms with Crippen molar-refractivity contribution in [2.45, 2.75) is 0 Å². The second-order valence-electron chi connectivity index (χ2n) is 5.81. The molecule has 0 aliphatic rings. The van der Waals surface area contributed by atoms with E-state index in [2.05, 4.69) is 10.3 Å². The summed E-state index contributed by atoms with van der Waals surface area (Å²) in [6, 6.07) is 14.8. The number of nitrogens with zero attached hydrogens (tertiary/aromatic N) is 1. The predicted octanol–water partition coefficient (Wildman–Crippen LogP) is 3.03. The number of rotatable bonds is 5. The molecule has 0 saturated heterocycles. The Balaban J connectivity index is 1.57. The number of hydrogen-bond acceptors (Lipinski definition) is 4. The highest BCUT2D eigenvalue weighted by Gasteiger charge is 2.14. The van der Waals surface area contributed by atoms with E-state index >= 15 is 0 Å². The molecule has 25 heavy (non-hydrogen) atoms. The van der Waals surface area contributed by atoms with Crippen LogP contribution in [0.1, 0.15) is 10.4 Å². The molecule has 1 heterocycles. The smallest absolute Gasteiger partial charge is 0.340 e. The number of H-pyrrole nitrogens is 1. The molecule has 6 nitrogen and oxygen atoms in total. The average Bonchev–Trinajstić information content (AvgIpc) is 3.04. The van der Waals surface area contributed by atoms with Gasteiger partial charge in [0.2, 0.25) is 0 Å². The third kappa shape index (κ3) is 3.80. The molecule has 2 N–H and O–H groups in total. The summed E-state index contributed by atoms with van der Waals surface area (Å²) in [6.45, 7) is -0.340. The number of benzene rings is 2. The molecule has 2 aromatic carbocycles. The number of anilines is 2. The van der Waals surface area contributed by atoms with E-state index in [0.717, 1.165) is 16.6 Å². The van der Waals surface area contributed by atoms with Gasteiger partial charge in [0.25, 0.3) is 5.91 Å². The van der Waals surface area contributed by atoms with Gasteiger partial charge in [-0.1, -0.05) is 18.2 Å². The van der Waals surface area contributed by atoms with E-state index in [9.17, 15) is 9.59 Å². The number of nitrogens with one attached hydrogen (secondary N) is 2. The molecule has 0 radical (unpaired) electrons. The van der Waals surface area contributed by atoms with E-state index in [1.54, 1.807) is 18.3 Å². The number of aromatic nitrogens is 1. The SMILES string of the molecule is CN(C)c1ccc(NC(=O)COC(=O)c2c[nH]c3ccccc23)cc1. The number of aromatic amines is 1. The van der Waals surface area contributed by atoms with E-state index in [4.69, 9.17) is 4.74 Å². The molecule has 3 rings (SSSR count). The zero-order valence-electron chi connectivity index (χ0n) is 14.1. The monoisotopic (exact) mass is 337 g/mol. The Labute approximate surface area is 145 Å². The number of ether oxygens (including phenoxy) is 1. The molecule has 0 unspecified atom stereocenters. The zero-order chi connectivity index (χ0) is 17.8. The maximum atomic E-state index is 12.2. The van der Waals surface area contributed by atoms with Crippen molar-refractivity contribution < 1.29 is 14.3 Å². The van der Waals surface area contributed by atoms with E-state index in [0.29, 0.717) is 11.3 Å². The summed E-state index contributed by atoms with van der Waals surface area (Å²) in [5.74, 6) is -0.915. The van der Waals surface area contributed by atoms with Gasteiger partial charge < -0.3 is 19.9 Å². The fourth-order valence-electron chi connectivity index (χ4n) is 2.49. The summed E-state index contributed by atoms with van der Waals surface area (Å²) in [5, 5.41) is 3.47. The molecule has 0 bridgehead atoms. The van der Waals surface area contributed by atoms with Crippen molar-refractivity contribution in [3.8, 4) is 0 Å². The van der Waals surface area contributed by atoms with Crippen LogP contribution in [0.4, 0.5) is 11.4 Å². The molecule has 0 fully saturated rings. The van der Waals surface area contributed by atoms with Crippen LogP contribution < -0.4 is 10.2 Å². The first-order chi connectivity index (χ1) is 12.0. The maximum absolute atomic E-state index is 12.2. The lowest BCUT2D eigenvalue weighted by Gasteiger charge is -2.13. The minimum atomic E-state index is -0.532. The van der Waals surface area contributed by atoms with Crippen molar-refractivity contribution in [1.29, 1.82) is 0 Å². The van der Waals surface area contributed by atoms with E-state index in [1.807, 2.05) is 55.4 Å². The summed E-state index contributed by atoms with van der Waals surface area (Å²) in [6.07, 6.45) is 1.59. The molecule has 0 spiro atoms. The first-order valence-corrected chi connectivity index (χ1v) is 7.85. The fraction of sp³-hybridized carbons (Fsp3) is 0.158. The Morgan fingerprint density at radius 1 is 1.08 bits per heavy atom. The molecule has 1 amide bonds. The maximum Gasteiger partial charge on any atom is 0.340 e. The molecule has 6 heteroatoms. The molecule has 0 aliphatic carbocycles. The first-order valence-electron chi connectivity index (χ1n) is 7.85. The predicted molar refractivity (Wildman–Crippen MR) is 98.0 cm³/mol. The first kappa shape index (κ1) is 16.6. The van der Waals surface area contributed by atoms with Crippen molar-refractivity contribution >= 4 is 34.2 Å². The lowest BCUT2D eigenvalue weighted by molar-refractivity contribution is -0.119. The van der Waals surface area contributed by atoms with Gasteiger partial charge in [-0.3, -0.25) is 4.79 Å². The lowest BCUT2D eigenvalue weighted by Crippen LogP contribution is -2.20. The molecule has 0 atom stereocenters. The quantitative estimate of drug-likeness (QED) is 0.702. The van der Waals surface area contributed by atoms with Gasteiger partial charge in [-0.05, 0) is 30.3 Å². The minimum absolute atomic E-state index is 0.340. The van der Waals surface area contributed by atoms with Gasteiger partial charge in [-0.2, -0.15) is 0 Å². The summed E-state index contributed by atoms with van der Waals surface area (Å²) in [7, 11) is 3.88. The van der Waals surface area contributed by atoms with Gasteiger partial charge in [0.05, 0.1) is 5.56 Å². The third-order valence-electron chi connectivity index (χ3n) is 3.81. The molecular weight excluding hydrogens is 318 g/mol. The Kier molecular flexibility index (Phi) is 4.70. The average molecular weight is 337 g/mol. The molecule has 1 aromatic heterocycles. The van der Waals surface area contributed by atoms with Gasteiger partial charge in [0.1, 0.15) is 0 Å². The number of hydrogen-bond donors (Lipinski definition) is 2. The molecule has 0 aliphatic heterocycles. The lowest BCUT2D eigenvalue weighted by atomic mass is 10.2. The van der Waals surface area contributed by atoms with Crippen molar-refractivity contribution in [3.63, 3.8) is 0 Å². The molecule has 0 saturated carbocycles. The van der Waals surface area contributed by atoms with Crippen LogP contribution in [0.25, 0.3) is 10.9 Å².